The summed E-state index contributed by atoms with van der Waals surface area (Å²) in [4.78, 5) is 22.9. The highest BCUT2D eigenvalue weighted by Crippen LogP contribution is 2.23. The minimum Gasteiger partial charge on any atom is -0.386 e. The average Bonchev–Trinajstić information content (AvgIpc) is 2.74. The number of amides is 1. The smallest absolute Gasteiger partial charge is 0.281 e. The number of anilines is 1. The first-order chi connectivity index (χ1) is 14.8. The maximum Gasteiger partial charge on any atom is 0.281 e. The fourth-order valence-corrected chi connectivity index (χ4v) is 4.00. The number of nitrogens with zero attached hydrogens (tertiary/aromatic N) is 3. The summed E-state index contributed by atoms with van der Waals surface area (Å²) in [6, 6.07) is 1.76. The van der Waals surface area contributed by atoms with E-state index in [0.717, 1.165) is 12.3 Å². The van der Waals surface area contributed by atoms with Crippen LogP contribution in [0.2, 0.25) is 0 Å². The maximum absolute atomic E-state index is 14.2. The summed E-state index contributed by atoms with van der Waals surface area (Å²) < 4.78 is 77.1. The molecule has 0 atom stereocenters. The van der Waals surface area contributed by atoms with Crippen molar-refractivity contribution in [1.29, 1.82) is 0 Å². The quantitative estimate of drug-likeness (QED) is 0.343. The van der Waals surface area contributed by atoms with Gasteiger partial charge in [0.25, 0.3) is 12.3 Å². The number of hydrogen-bond acceptors (Lipinski definition) is 6. The van der Waals surface area contributed by atoms with Crippen molar-refractivity contribution in [3.63, 3.8) is 0 Å². The number of sulfone groups is 1. The number of rotatable bonds is 8. The van der Waals surface area contributed by atoms with E-state index in [0.29, 0.717) is 12.3 Å². The van der Waals surface area contributed by atoms with Crippen LogP contribution >= 0.6 is 0 Å². The number of benzene rings is 1. The minimum absolute atomic E-state index is 0.135. The number of aliphatic imine (C=N–C) groups is 1. The molecule has 1 heterocycles. The molecule has 0 bridgehead atoms. The van der Waals surface area contributed by atoms with E-state index in [-0.39, 0.29) is 22.8 Å². The van der Waals surface area contributed by atoms with E-state index in [2.05, 4.69) is 20.3 Å². The fourth-order valence-electron chi connectivity index (χ4n) is 2.59. The van der Waals surface area contributed by atoms with Gasteiger partial charge < -0.3 is 11.1 Å². The Morgan fingerprint density at radius 3 is 2.41 bits per heavy atom. The lowest BCUT2D eigenvalue weighted by Crippen LogP contribution is -2.46. The van der Waals surface area contributed by atoms with Gasteiger partial charge in [-0.25, -0.2) is 31.0 Å². The predicted octanol–water partition coefficient (Wildman–Crippen LogP) is 2.67. The van der Waals surface area contributed by atoms with Crippen molar-refractivity contribution >= 4 is 27.3 Å². The molecule has 0 unspecified atom stereocenters. The third-order valence-electron chi connectivity index (χ3n) is 4.76. The van der Waals surface area contributed by atoms with Crippen LogP contribution in [0.1, 0.15) is 42.0 Å². The van der Waals surface area contributed by atoms with Crippen LogP contribution in [0, 0.1) is 11.6 Å². The lowest BCUT2D eigenvalue weighted by molar-refractivity contribution is 0.102. The molecular weight excluding hydrogens is 454 g/mol. The van der Waals surface area contributed by atoms with E-state index in [4.69, 9.17) is 5.73 Å². The highest BCUT2D eigenvalue weighted by Gasteiger charge is 2.37. The number of aryl methyl sites for hydroxylation is 1. The topological polar surface area (TPSA) is 127 Å². The van der Waals surface area contributed by atoms with E-state index < -0.39 is 56.4 Å². The summed E-state index contributed by atoms with van der Waals surface area (Å²) in [7, 11) is -2.57. The van der Waals surface area contributed by atoms with Crippen LogP contribution in [0.15, 0.2) is 29.5 Å². The van der Waals surface area contributed by atoms with Gasteiger partial charge in [-0.3, -0.25) is 14.8 Å². The average molecular weight is 475 g/mol. The summed E-state index contributed by atoms with van der Waals surface area (Å²) in [5.74, 6) is -4.19. The van der Waals surface area contributed by atoms with Crippen LogP contribution in [0.3, 0.4) is 0 Å². The lowest BCUT2D eigenvalue weighted by atomic mass is 10.1. The Morgan fingerprint density at radius 1 is 1.22 bits per heavy atom. The fraction of sp³-hybridized carbons (Fsp3) is 0.368. The standard InChI is InChI=1S/C19H21F4N5O3S/c1-19(2,18(24)25-3)32(30,31)5-4-10-6-11(7-12(20)15(10)21)28-17(29)14-9-26-13(8-27-14)16(22)23/h6-9,16H,4-5H2,1-3H3,(H2,24,25)(H,28,29). The molecule has 1 aromatic heterocycles. The third kappa shape index (κ3) is 5.39. The second-order valence-corrected chi connectivity index (χ2v) is 9.86. The molecule has 0 spiro atoms. The molecule has 1 aromatic carbocycles. The zero-order valence-corrected chi connectivity index (χ0v) is 18.2. The van der Waals surface area contributed by atoms with Gasteiger partial charge in [0.1, 0.15) is 22.0 Å². The van der Waals surface area contributed by atoms with Gasteiger partial charge in [0.05, 0.1) is 18.1 Å². The minimum atomic E-state index is -3.90. The van der Waals surface area contributed by atoms with E-state index in [1.54, 1.807) is 0 Å². The van der Waals surface area contributed by atoms with Gasteiger partial charge in [-0.2, -0.15) is 0 Å². The molecule has 2 rings (SSSR count). The maximum atomic E-state index is 14.2. The number of hydrogen-bond donors (Lipinski definition) is 2. The molecule has 0 fully saturated rings. The van der Waals surface area contributed by atoms with Crippen molar-refractivity contribution in [1.82, 2.24) is 9.97 Å². The number of halogens is 4. The first-order valence-electron chi connectivity index (χ1n) is 9.14. The summed E-state index contributed by atoms with van der Waals surface area (Å²) in [5.41, 5.74) is 4.21. The van der Waals surface area contributed by atoms with Crippen molar-refractivity contribution in [2.45, 2.75) is 31.4 Å². The molecule has 32 heavy (non-hydrogen) atoms. The highest BCUT2D eigenvalue weighted by molar-refractivity contribution is 7.93. The van der Waals surface area contributed by atoms with Crippen molar-refractivity contribution in [3.05, 3.63) is 53.1 Å². The van der Waals surface area contributed by atoms with Crippen LogP contribution in [-0.2, 0) is 16.3 Å². The molecule has 13 heteroatoms. The predicted molar refractivity (Wildman–Crippen MR) is 110 cm³/mol. The second kappa shape index (κ2) is 9.59. The van der Waals surface area contributed by atoms with Crippen LogP contribution in [0.5, 0.6) is 0 Å². The molecule has 0 saturated heterocycles. The molecule has 0 aliphatic carbocycles. The lowest BCUT2D eigenvalue weighted by Gasteiger charge is -2.24. The van der Waals surface area contributed by atoms with E-state index in [9.17, 15) is 30.8 Å². The molecule has 0 saturated carbocycles. The molecule has 3 N–H and O–H groups in total. The van der Waals surface area contributed by atoms with E-state index >= 15 is 0 Å². The molecule has 174 valence electrons. The van der Waals surface area contributed by atoms with Crippen molar-refractivity contribution in [3.8, 4) is 0 Å². The zero-order valence-electron chi connectivity index (χ0n) is 17.4. The largest absolute Gasteiger partial charge is 0.386 e. The molecule has 0 aliphatic heterocycles. The second-order valence-electron chi connectivity index (χ2n) is 7.20. The SMILES string of the molecule is CN=C(N)C(C)(C)S(=O)(=O)CCc1cc(NC(=O)c2cnc(C(F)F)cn2)cc(F)c1F. The van der Waals surface area contributed by atoms with Gasteiger partial charge in [0.2, 0.25) is 0 Å². The molecule has 8 nitrogen and oxygen atoms in total. The van der Waals surface area contributed by atoms with Gasteiger partial charge in [-0.15, -0.1) is 0 Å². The van der Waals surface area contributed by atoms with E-state index in [1.807, 2.05) is 0 Å². The van der Waals surface area contributed by atoms with Crippen molar-refractivity contribution < 1.29 is 30.8 Å². The number of carbonyl (C=O) groups excluding carboxylic acids is 1. The van der Waals surface area contributed by atoms with Crippen LogP contribution in [0.25, 0.3) is 0 Å². The Labute approximate surface area is 181 Å². The van der Waals surface area contributed by atoms with Crippen molar-refractivity contribution in [2.75, 3.05) is 18.1 Å². The normalized spacial score (nSPS) is 12.8. The Hall–Kier alpha value is -3.09. The van der Waals surface area contributed by atoms with Gasteiger partial charge >= 0.3 is 0 Å². The number of aromatic nitrogens is 2. The van der Waals surface area contributed by atoms with E-state index in [1.165, 1.54) is 20.9 Å². The summed E-state index contributed by atoms with van der Waals surface area (Å²) >= 11 is 0. The summed E-state index contributed by atoms with van der Waals surface area (Å²) in [5, 5.41) is 2.25. The Bertz CT molecular complexity index is 1140. The zero-order chi connectivity index (χ0) is 24.3. The van der Waals surface area contributed by atoms with Crippen molar-refractivity contribution in [2.24, 2.45) is 10.7 Å². The van der Waals surface area contributed by atoms with Crippen LogP contribution in [-0.4, -0.2) is 47.7 Å². The highest BCUT2D eigenvalue weighted by atomic mass is 32.2. The Kier molecular flexibility index (Phi) is 7.54. The van der Waals surface area contributed by atoms with Gasteiger partial charge in [-0.1, -0.05) is 0 Å². The molecular formula is C19H21F4N5O3S. The van der Waals surface area contributed by atoms with Gasteiger partial charge in [0.15, 0.2) is 21.5 Å². The van der Waals surface area contributed by atoms with Gasteiger partial charge in [0, 0.05) is 18.8 Å². The molecule has 0 radical (unpaired) electrons. The number of nitrogens with one attached hydrogen (secondary N) is 1. The number of amidine groups is 1. The number of alkyl halides is 2. The molecule has 1 amide bonds. The van der Waals surface area contributed by atoms with Crippen LogP contribution < -0.4 is 11.1 Å². The van der Waals surface area contributed by atoms with Gasteiger partial charge in [-0.05, 0) is 31.9 Å². The first-order valence-corrected chi connectivity index (χ1v) is 10.8. The molecule has 0 aliphatic rings. The monoisotopic (exact) mass is 475 g/mol. The summed E-state index contributed by atoms with van der Waals surface area (Å²) in [6.45, 7) is 2.69. The number of nitrogens with two attached hydrogens (primary N) is 1. The Balaban J connectivity index is 2.23. The summed E-state index contributed by atoms with van der Waals surface area (Å²) in [6.07, 6.45) is -1.74. The molecule has 2 aromatic rings. The van der Waals surface area contributed by atoms with Crippen LogP contribution in [0.4, 0.5) is 23.2 Å². The Morgan fingerprint density at radius 2 is 1.88 bits per heavy atom. The number of carbonyl (C=O) groups is 1. The third-order valence-corrected chi connectivity index (χ3v) is 7.27. The first kappa shape index (κ1) is 25.2.